The van der Waals surface area contributed by atoms with E-state index in [1.54, 1.807) is 12.1 Å². The minimum atomic E-state index is -0.982. The molecule has 0 aliphatic heterocycles. The van der Waals surface area contributed by atoms with Crippen LogP contribution in [-0.2, 0) is 16.0 Å². The lowest BCUT2D eigenvalue weighted by Gasteiger charge is -2.24. The van der Waals surface area contributed by atoms with E-state index in [1.807, 2.05) is 11.0 Å². The van der Waals surface area contributed by atoms with Crippen LogP contribution in [-0.4, -0.2) is 55.0 Å². The predicted octanol–water partition coefficient (Wildman–Crippen LogP) is 2.10. The number of nitrogens with zero attached hydrogens (tertiary/aromatic N) is 1. The molecule has 0 saturated heterocycles. The zero-order valence-electron chi connectivity index (χ0n) is 13.5. The Bertz CT molecular complexity index is 563. The maximum absolute atomic E-state index is 11.9. The SMILES string of the molecule is COC(=O)c1ccc(N(CCCl)CCCl)cc1C[C@H](N)CC(=O)O. The van der Waals surface area contributed by atoms with Gasteiger partial charge in [0.1, 0.15) is 0 Å². The number of carbonyl (C=O) groups excluding carboxylic acids is 1. The molecular formula is C16H22Cl2N2O4. The number of anilines is 1. The molecular weight excluding hydrogens is 355 g/mol. The van der Waals surface area contributed by atoms with Gasteiger partial charge in [0, 0.05) is 36.6 Å². The first-order valence-corrected chi connectivity index (χ1v) is 8.55. The number of ether oxygens (including phenoxy) is 1. The van der Waals surface area contributed by atoms with E-state index in [0.29, 0.717) is 36.0 Å². The molecule has 134 valence electrons. The molecule has 1 aromatic carbocycles. The number of esters is 1. The molecule has 0 heterocycles. The summed E-state index contributed by atoms with van der Waals surface area (Å²) in [7, 11) is 1.30. The number of halogens is 2. The number of benzene rings is 1. The molecule has 0 aromatic heterocycles. The molecule has 6 nitrogen and oxygen atoms in total. The number of rotatable bonds is 10. The van der Waals surface area contributed by atoms with Crippen molar-refractivity contribution >= 4 is 40.8 Å². The fraction of sp³-hybridized carbons (Fsp3) is 0.500. The third kappa shape index (κ3) is 6.19. The number of carboxylic acid groups (broad SMARTS) is 1. The van der Waals surface area contributed by atoms with E-state index in [1.165, 1.54) is 7.11 Å². The van der Waals surface area contributed by atoms with Crippen LogP contribution < -0.4 is 10.6 Å². The van der Waals surface area contributed by atoms with Gasteiger partial charge in [0.25, 0.3) is 0 Å². The van der Waals surface area contributed by atoms with Crippen molar-refractivity contribution in [2.24, 2.45) is 5.73 Å². The van der Waals surface area contributed by atoms with Gasteiger partial charge in [0.15, 0.2) is 0 Å². The third-order valence-electron chi connectivity index (χ3n) is 3.49. The van der Waals surface area contributed by atoms with Crippen molar-refractivity contribution in [3.8, 4) is 0 Å². The molecule has 0 spiro atoms. The minimum Gasteiger partial charge on any atom is -0.481 e. The number of hydrogen-bond donors (Lipinski definition) is 2. The molecule has 1 rings (SSSR count). The molecule has 1 atom stereocenters. The Morgan fingerprint density at radius 3 is 2.42 bits per heavy atom. The summed E-state index contributed by atoms with van der Waals surface area (Å²) in [6, 6.07) is 4.65. The summed E-state index contributed by atoms with van der Waals surface area (Å²) < 4.78 is 4.78. The van der Waals surface area contributed by atoms with E-state index in [2.05, 4.69) is 0 Å². The van der Waals surface area contributed by atoms with E-state index >= 15 is 0 Å². The van der Waals surface area contributed by atoms with Crippen LogP contribution in [0.2, 0.25) is 0 Å². The summed E-state index contributed by atoms with van der Waals surface area (Å²) in [6.07, 6.45) is 0.0675. The van der Waals surface area contributed by atoms with Crippen LogP contribution in [0.3, 0.4) is 0 Å². The van der Waals surface area contributed by atoms with E-state index in [4.69, 9.17) is 38.8 Å². The van der Waals surface area contributed by atoms with Gasteiger partial charge in [-0.3, -0.25) is 4.79 Å². The van der Waals surface area contributed by atoms with Crippen LogP contribution in [0.15, 0.2) is 18.2 Å². The average Bonchev–Trinajstić information content (AvgIpc) is 2.53. The molecule has 3 N–H and O–H groups in total. The maximum atomic E-state index is 11.9. The smallest absolute Gasteiger partial charge is 0.338 e. The summed E-state index contributed by atoms with van der Waals surface area (Å²) in [5.74, 6) is -0.600. The highest BCUT2D eigenvalue weighted by Gasteiger charge is 2.18. The van der Waals surface area contributed by atoms with Crippen LogP contribution in [0.25, 0.3) is 0 Å². The fourth-order valence-electron chi connectivity index (χ4n) is 2.41. The lowest BCUT2D eigenvalue weighted by Crippen LogP contribution is -2.29. The van der Waals surface area contributed by atoms with E-state index in [0.717, 1.165) is 5.69 Å². The van der Waals surface area contributed by atoms with Crippen molar-refractivity contribution in [2.45, 2.75) is 18.9 Å². The molecule has 8 heteroatoms. The van der Waals surface area contributed by atoms with E-state index in [-0.39, 0.29) is 12.8 Å². The zero-order valence-corrected chi connectivity index (χ0v) is 15.0. The molecule has 0 aliphatic rings. The summed E-state index contributed by atoms with van der Waals surface area (Å²) >= 11 is 11.6. The first-order chi connectivity index (χ1) is 11.4. The number of hydrogen-bond acceptors (Lipinski definition) is 5. The van der Waals surface area contributed by atoms with E-state index < -0.39 is 18.0 Å². The molecule has 0 radical (unpaired) electrons. The Hall–Kier alpha value is -1.50. The fourth-order valence-corrected chi connectivity index (χ4v) is 2.82. The number of carbonyl (C=O) groups is 2. The third-order valence-corrected chi connectivity index (χ3v) is 3.83. The summed E-state index contributed by atoms with van der Waals surface area (Å²) in [5.41, 5.74) is 7.74. The molecule has 0 amide bonds. The molecule has 0 fully saturated rings. The maximum Gasteiger partial charge on any atom is 0.338 e. The van der Waals surface area contributed by atoms with Crippen molar-refractivity contribution in [1.29, 1.82) is 0 Å². The quantitative estimate of drug-likeness (QED) is 0.479. The molecule has 0 bridgehead atoms. The number of alkyl halides is 2. The van der Waals surface area contributed by atoms with Crippen LogP contribution in [0.1, 0.15) is 22.3 Å². The predicted molar refractivity (Wildman–Crippen MR) is 95.4 cm³/mol. The average molecular weight is 377 g/mol. The number of aliphatic carboxylic acids is 1. The van der Waals surface area contributed by atoms with Crippen LogP contribution in [0.4, 0.5) is 5.69 Å². The van der Waals surface area contributed by atoms with Crippen LogP contribution >= 0.6 is 23.2 Å². The minimum absolute atomic E-state index is 0.183. The van der Waals surface area contributed by atoms with Crippen LogP contribution in [0.5, 0.6) is 0 Å². The van der Waals surface area contributed by atoms with E-state index in [9.17, 15) is 9.59 Å². The van der Waals surface area contributed by atoms with Gasteiger partial charge in [-0.05, 0) is 30.2 Å². The van der Waals surface area contributed by atoms with Gasteiger partial charge in [0.05, 0.1) is 19.1 Å². The lowest BCUT2D eigenvalue weighted by atomic mass is 9.98. The normalized spacial score (nSPS) is 11.8. The Balaban J connectivity index is 3.15. The summed E-state index contributed by atoms with van der Waals surface area (Å²) in [6.45, 7) is 1.21. The second kappa shape index (κ2) is 10.4. The van der Waals surface area contributed by atoms with Crippen LogP contribution in [0, 0.1) is 0 Å². The molecule has 0 saturated carbocycles. The zero-order chi connectivity index (χ0) is 18.1. The molecule has 1 aromatic rings. The Labute approximate surface area is 151 Å². The van der Waals surface area contributed by atoms with Gasteiger partial charge in [-0.1, -0.05) is 0 Å². The molecule has 0 unspecified atom stereocenters. The van der Waals surface area contributed by atoms with Gasteiger partial charge in [-0.2, -0.15) is 0 Å². The molecule has 24 heavy (non-hydrogen) atoms. The summed E-state index contributed by atoms with van der Waals surface area (Å²) in [4.78, 5) is 24.7. The number of methoxy groups -OCH3 is 1. The van der Waals surface area contributed by atoms with Gasteiger partial charge in [-0.15, -0.1) is 23.2 Å². The van der Waals surface area contributed by atoms with Gasteiger partial charge < -0.3 is 20.5 Å². The highest BCUT2D eigenvalue weighted by atomic mass is 35.5. The van der Waals surface area contributed by atoms with Gasteiger partial charge >= 0.3 is 11.9 Å². The summed E-state index contributed by atoms with van der Waals surface area (Å²) in [5, 5.41) is 8.86. The van der Waals surface area contributed by atoms with Crippen molar-refractivity contribution in [3.05, 3.63) is 29.3 Å². The highest BCUT2D eigenvalue weighted by molar-refractivity contribution is 6.18. The Morgan fingerprint density at radius 1 is 1.29 bits per heavy atom. The highest BCUT2D eigenvalue weighted by Crippen LogP contribution is 2.22. The van der Waals surface area contributed by atoms with Crippen molar-refractivity contribution in [3.63, 3.8) is 0 Å². The standard InChI is InChI=1S/C16H22Cl2N2O4/c1-24-16(23)14-3-2-13(20(6-4-17)7-5-18)9-11(14)8-12(19)10-15(21)22/h2-3,9,12H,4-8,10,19H2,1H3,(H,21,22)/t12-/m0/s1. The lowest BCUT2D eigenvalue weighted by molar-refractivity contribution is -0.137. The van der Waals surface area contributed by atoms with Crippen molar-refractivity contribution in [1.82, 2.24) is 0 Å². The second-order valence-corrected chi connectivity index (χ2v) is 6.02. The first-order valence-electron chi connectivity index (χ1n) is 7.48. The Morgan fingerprint density at radius 2 is 1.92 bits per heavy atom. The van der Waals surface area contributed by atoms with Crippen molar-refractivity contribution < 1.29 is 19.4 Å². The first kappa shape index (κ1) is 20.5. The largest absolute Gasteiger partial charge is 0.481 e. The second-order valence-electron chi connectivity index (χ2n) is 5.26. The number of carboxylic acids is 1. The topological polar surface area (TPSA) is 92.9 Å². The molecule has 0 aliphatic carbocycles. The van der Waals surface area contributed by atoms with Gasteiger partial charge in [0.2, 0.25) is 0 Å². The monoisotopic (exact) mass is 376 g/mol. The number of nitrogens with two attached hydrogens (primary N) is 1. The Kier molecular flexibility index (Phi) is 8.89. The van der Waals surface area contributed by atoms with Gasteiger partial charge in [-0.25, -0.2) is 4.79 Å². The van der Waals surface area contributed by atoms with Crippen molar-refractivity contribution in [2.75, 3.05) is 36.9 Å².